The topological polar surface area (TPSA) is 107 Å². The summed E-state index contributed by atoms with van der Waals surface area (Å²) in [4.78, 5) is 20.3. The lowest BCUT2D eigenvalue weighted by Gasteiger charge is -2.13. The van der Waals surface area contributed by atoms with Crippen LogP contribution in [-0.4, -0.2) is 50.8 Å². The molecule has 2 heterocycles. The molecule has 0 radical (unpaired) electrons. The van der Waals surface area contributed by atoms with Crippen LogP contribution in [0.2, 0.25) is 0 Å². The fourth-order valence-corrected chi connectivity index (χ4v) is 1.49. The van der Waals surface area contributed by atoms with E-state index < -0.39 is 13.2 Å². The van der Waals surface area contributed by atoms with E-state index in [1.807, 2.05) is 0 Å². The SMILES string of the molecule is O=C1CC(O)CN1c1ncc(B(O)O)cn1. The Balaban J connectivity index is 2.19. The normalized spacial score (nSPS) is 20.3. The molecular weight excluding hydrogens is 213 g/mol. The summed E-state index contributed by atoms with van der Waals surface area (Å²) in [6.45, 7) is 0.167. The summed E-state index contributed by atoms with van der Waals surface area (Å²) in [7, 11) is -1.63. The number of β-amino-alcohol motifs (C(OH)–C–C–N with tert-alkyl or cyclic N) is 1. The third-order valence-electron chi connectivity index (χ3n) is 2.30. The van der Waals surface area contributed by atoms with Crippen LogP contribution in [0.4, 0.5) is 5.95 Å². The molecule has 0 aromatic carbocycles. The summed E-state index contributed by atoms with van der Waals surface area (Å²) in [5, 5.41) is 26.9. The van der Waals surface area contributed by atoms with E-state index in [0.717, 1.165) is 0 Å². The quantitative estimate of drug-likeness (QED) is 0.469. The first kappa shape index (κ1) is 11.0. The Bertz CT molecular complexity index is 397. The van der Waals surface area contributed by atoms with Gasteiger partial charge in [0, 0.05) is 17.9 Å². The molecule has 1 amide bonds. The van der Waals surface area contributed by atoms with Crippen molar-refractivity contribution in [3.05, 3.63) is 12.4 Å². The zero-order valence-electron chi connectivity index (χ0n) is 8.32. The average Bonchev–Trinajstić information content (AvgIpc) is 2.58. The number of carbonyl (C=O) groups is 1. The standard InChI is InChI=1S/C8H10BN3O4/c13-6-1-7(14)12(4-6)8-10-2-5(3-11-8)9(15)16/h2-3,6,13,15-16H,1,4H2. The Morgan fingerprint density at radius 3 is 2.44 bits per heavy atom. The minimum Gasteiger partial charge on any atom is -0.423 e. The summed E-state index contributed by atoms with van der Waals surface area (Å²) in [6.07, 6.45) is 1.82. The number of aliphatic hydroxyl groups is 1. The Morgan fingerprint density at radius 1 is 1.38 bits per heavy atom. The minimum atomic E-state index is -1.63. The van der Waals surface area contributed by atoms with E-state index >= 15 is 0 Å². The number of nitrogens with zero attached hydrogens (tertiary/aromatic N) is 3. The van der Waals surface area contributed by atoms with Gasteiger partial charge in [0.05, 0.1) is 19.1 Å². The van der Waals surface area contributed by atoms with Gasteiger partial charge in [0.2, 0.25) is 11.9 Å². The van der Waals surface area contributed by atoms with Gasteiger partial charge in [-0.2, -0.15) is 0 Å². The number of hydrogen-bond acceptors (Lipinski definition) is 6. The van der Waals surface area contributed by atoms with Crippen LogP contribution in [0.1, 0.15) is 6.42 Å². The monoisotopic (exact) mass is 223 g/mol. The second-order valence-corrected chi connectivity index (χ2v) is 3.55. The molecule has 1 unspecified atom stereocenters. The summed E-state index contributed by atoms with van der Waals surface area (Å²) in [6, 6.07) is 0. The molecule has 1 saturated heterocycles. The van der Waals surface area contributed by atoms with E-state index in [1.165, 1.54) is 17.3 Å². The summed E-state index contributed by atoms with van der Waals surface area (Å²) in [5.74, 6) is -0.0873. The Hall–Kier alpha value is -1.51. The third kappa shape index (κ3) is 2.03. The van der Waals surface area contributed by atoms with Crippen molar-refractivity contribution in [1.82, 2.24) is 9.97 Å². The first-order valence-electron chi connectivity index (χ1n) is 4.74. The van der Waals surface area contributed by atoms with Gasteiger partial charge in [-0.25, -0.2) is 9.97 Å². The Labute approximate surface area is 91.5 Å². The van der Waals surface area contributed by atoms with E-state index in [2.05, 4.69) is 9.97 Å². The number of hydrogen-bond donors (Lipinski definition) is 3. The van der Waals surface area contributed by atoms with Crippen LogP contribution in [0, 0.1) is 0 Å². The van der Waals surface area contributed by atoms with Crippen molar-refractivity contribution >= 4 is 24.4 Å². The molecule has 8 heteroatoms. The molecule has 16 heavy (non-hydrogen) atoms. The van der Waals surface area contributed by atoms with E-state index in [9.17, 15) is 9.90 Å². The van der Waals surface area contributed by atoms with Crippen molar-refractivity contribution in [1.29, 1.82) is 0 Å². The first-order valence-corrected chi connectivity index (χ1v) is 4.74. The fourth-order valence-electron chi connectivity index (χ4n) is 1.49. The van der Waals surface area contributed by atoms with E-state index in [0.29, 0.717) is 0 Å². The van der Waals surface area contributed by atoms with Gasteiger partial charge in [-0.15, -0.1) is 0 Å². The third-order valence-corrected chi connectivity index (χ3v) is 2.30. The maximum Gasteiger partial charge on any atom is 0.491 e. The lowest BCUT2D eigenvalue weighted by atomic mass is 9.83. The van der Waals surface area contributed by atoms with Gasteiger partial charge in [-0.05, 0) is 0 Å². The van der Waals surface area contributed by atoms with Crippen molar-refractivity contribution in [3.8, 4) is 0 Å². The van der Waals surface area contributed by atoms with E-state index in [1.54, 1.807) is 0 Å². The highest BCUT2D eigenvalue weighted by molar-refractivity contribution is 6.58. The molecule has 0 aliphatic carbocycles. The molecule has 1 aromatic rings. The Kier molecular flexibility index (Phi) is 2.86. The van der Waals surface area contributed by atoms with Crippen LogP contribution in [0.25, 0.3) is 0 Å². The zero-order valence-corrected chi connectivity index (χ0v) is 8.32. The molecule has 1 atom stereocenters. The van der Waals surface area contributed by atoms with Crippen molar-refractivity contribution in [3.63, 3.8) is 0 Å². The fraction of sp³-hybridized carbons (Fsp3) is 0.375. The largest absolute Gasteiger partial charge is 0.491 e. The van der Waals surface area contributed by atoms with Crippen LogP contribution in [0.5, 0.6) is 0 Å². The molecule has 7 nitrogen and oxygen atoms in total. The molecule has 1 aromatic heterocycles. The molecule has 0 saturated carbocycles. The summed E-state index contributed by atoms with van der Waals surface area (Å²) >= 11 is 0. The van der Waals surface area contributed by atoms with Gasteiger partial charge in [0.1, 0.15) is 0 Å². The molecule has 2 rings (SSSR count). The Morgan fingerprint density at radius 2 is 2.00 bits per heavy atom. The van der Waals surface area contributed by atoms with Gasteiger partial charge in [-0.1, -0.05) is 0 Å². The number of aliphatic hydroxyl groups excluding tert-OH is 1. The van der Waals surface area contributed by atoms with Crippen LogP contribution in [-0.2, 0) is 4.79 Å². The van der Waals surface area contributed by atoms with Crippen LogP contribution in [0.15, 0.2) is 12.4 Å². The second-order valence-electron chi connectivity index (χ2n) is 3.55. The number of aromatic nitrogens is 2. The number of carbonyl (C=O) groups excluding carboxylic acids is 1. The molecular formula is C8H10BN3O4. The lowest BCUT2D eigenvalue weighted by molar-refractivity contribution is -0.117. The summed E-state index contributed by atoms with van der Waals surface area (Å²) in [5.41, 5.74) is 0.149. The van der Waals surface area contributed by atoms with Gasteiger partial charge in [-0.3, -0.25) is 9.69 Å². The van der Waals surface area contributed by atoms with Crippen LogP contribution >= 0.6 is 0 Å². The number of rotatable bonds is 2. The average molecular weight is 223 g/mol. The highest BCUT2D eigenvalue weighted by Crippen LogP contribution is 2.15. The smallest absolute Gasteiger partial charge is 0.423 e. The van der Waals surface area contributed by atoms with Crippen LogP contribution < -0.4 is 10.4 Å². The predicted molar refractivity (Wildman–Crippen MR) is 54.8 cm³/mol. The van der Waals surface area contributed by atoms with Gasteiger partial charge in [0.15, 0.2) is 0 Å². The van der Waals surface area contributed by atoms with Gasteiger partial charge < -0.3 is 15.2 Å². The highest BCUT2D eigenvalue weighted by atomic mass is 16.4. The predicted octanol–water partition coefficient (Wildman–Crippen LogP) is -2.75. The molecule has 84 valence electrons. The molecule has 1 fully saturated rings. The maximum atomic E-state index is 11.4. The van der Waals surface area contributed by atoms with Gasteiger partial charge in [0.25, 0.3) is 0 Å². The first-order chi connectivity index (χ1) is 7.58. The molecule has 3 N–H and O–H groups in total. The lowest BCUT2D eigenvalue weighted by Crippen LogP contribution is -2.33. The second kappa shape index (κ2) is 4.16. The van der Waals surface area contributed by atoms with Gasteiger partial charge >= 0.3 is 7.12 Å². The van der Waals surface area contributed by atoms with Crippen molar-refractivity contribution in [2.24, 2.45) is 0 Å². The molecule has 0 bridgehead atoms. The van der Waals surface area contributed by atoms with Crippen LogP contribution in [0.3, 0.4) is 0 Å². The number of anilines is 1. The molecule has 1 aliphatic rings. The molecule has 1 aliphatic heterocycles. The van der Waals surface area contributed by atoms with E-state index in [4.69, 9.17) is 10.0 Å². The minimum absolute atomic E-state index is 0.0632. The summed E-state index contributed by atoms with van der Waals surface area (Å²) < 4.78 is 0. The van der Waals surface area contributed by atoms with Crippen molar-refractivity contribution < 1.29 is 19.9 Å². The van der Waals surface area contributed by atoms with Crippen molar-refractivity contribution in [2.75, 3.05) is 11.4 Å². The number of amides is 1. The maximum absolute atomic E-state index is 11.4. The molecule has 0 spiro atoms. The van der Waals surface area contributed by atoms with E-state index in [-0.39, 0.29) is 30.3 Å². The zero-order chi connectivity index (χ0) is 11.7. The van der Waals surface area contributed by atoms with Crippen molar-refractivity contribution in [2.45, 2.75) is 12.5 Å². The highest BCUT2D eigenvalue weighted by Gasteiger charge is 2.30.